The molecule has 1 amide bonds. The second-order valence-electron chi connectivity index (χ2n) is 6.85. The van der Waals surface area contributed by atoms with Gasteiger partial charge >= 0.3 is 0 Å². The molecule has 0 bridgehead atoms. The van der Waals surface area contributed by atoms with Crippen LogP contribution in [0.15, 0.2) is 18.6 Å². The molecule has 0 aliphatic carbocycles. The molecule has 130 valence electrons. The van der Waals surface area contributed by atoms with Gasteiger partial charge in [0, 0.05) is 38.2 Å². The molecule has 0 radical (unpaired) electrons. The van der Waals surface area contributed by atoms with E-state index in [0.717, 1.165) is 41.4 Å². The van der Waals surface area contributed by atoms with Gasteiger partial charge in [-0.05, 0) is 31.0 Å². The van der Waals surface area contributed by atoms with Gasteiger partial charge < -0.3 is 9.80 Å². The highest BCUT2D eigenvalue weighted by molar-refractivity contribution is 6.32. The van der Waals surface area contributed by atoms with Crippen LogP contribution in [0.5, 0.6) is 0 Å². The lowest BCUT2D eigenvalue weighted by Gasteiger charge is -2.40. The van der Waals surface area contributed by atoms with Crippen molar-refractivity contribution >= 4 is 23.3 Å². The van der Waals surface area contributed by atoms with Gasteiger partial charge in [0.15, 0.2) is 0 Å². The first-order valence-electron chi connectivity index (χ1n) is 8.46. The maximum Gasteiger partial charge on any atom is 0.223 e. The molecule has 1 saturated heterocycles. The molecule has 4 heterocycles. The second-order valence-corrected chi connectivity index (χ2v) is 7.23. The number of pyridine rings is 1. The van der Waals surface area contributed by atoms with E-state index in [1.165, 1.54) is 0 Å². The van der Waals surface area contributed by atoms with Crippen LogP contribution in [0.1, 0.15) is 28.9 Å². The number of carbonyl (C=O) groups is 1. The van der Waals surface area contributed by atoms with Crippen LogP contribution in [0, 0.1) is 19.8 Å². The van der Waals surface area contributed by atoms with Crippen molar-refractivity contribution in [2.24, 2.45) is 5.92 Å². The molecule has 2 aromatic rings. The lowest BCUT2D eigenvalue weighted by atomic mass is 9.95. The molecular weight excluding hydrogens is 338 g/mol. The number of halogens is 1. The molecule has 6 nitrogen and oxygen atoms in total. The van der Waals surface area contributed by atoms with Gasteiger partial charge in [-0.15, -0.1) is 0 Å². The molecule has 2 aromatic heterocycles. The van der Waals surface area contributed by atoms with Crippen LogP contribution in [-0.2, 0) is 17.9 Å². The van der Waals surface area contributed by atoms with E-state index in [0.29, 0.717) is 30.5 Å². The smallest absolute Gasteiger partial charge is 0.223 e. The van der Waals surface area contributed by atoms with E-state index in [1.807, 2.05) is 24.8 Å². The van der Waals surface area contributed by atoms with E-state index in [1.54, 1.807) is 12.5 Å². The maximum atomic E-state index is 12.7. The van der Waals surface area contributed by atoms with E-state index in [-0.39, 0.29) is 5.91 Å². The maximum absolute atomic E-state index is 12.7. The quantitative estimate of drug-likeness (QED) is 0.844. The predicted octanol–water partition coefficient (Wildman–Crippen LogP) is 2.51. The molecule has 4 rings (SSSR count). The van der Waals surface area contributed by atoms with Gasteiger partial charge in [-0.2, -0.15) is 0 Å². The molecule has 7 heteroatoms. The zero-order chi connectivity index (χ0) is 17.6. The first-order valence-corrected chi connectivity index (χ1v) is 8.84. The lowest BCUT2D eigenvalue weighted by Crippen LogP contribution is -2.49. The fourth-order valence-electron chi connectivity index (χ4n) is 3.62. The zero-order valence-electron chi connectivity index (χ0n) is 14.4. The summed E-state index contributed by atoms with van der Waals surface area (Å²) in [5, 5.41) is 0.715. The second kappa shape index (κ2) is 6.26. The van der Waals surface area contributed by atoms with Crippen LogP contribution < -0.4 is 4.90 Å². The Bertz CT molecular complexity index is 820. The molecule has 2 aliphatic rings. The van der Waals surface area contributed by atoms with Crippen LogP contribution in [0.4, 0.5) is 5.82 Å². The molecule has 0 unspecified atom stereocenters. The van der Waals surface area contributed by atoms with E-state index in [2.05, 4.69) is 19.9 Å². The summed E-state index contributed by atoms with van der Waals surface area (Å²) in [6, 6.07) is 1.90. The Labute approximate surface area is 151 Å². The van der Waals surface area contributed by atoms with Crippen molar-refractivity contribution in [1.29, 1.82) is 0 Å². The van der Waals surface area contributed by atoms with E-state index in [9.17, 15) is 4.79 Å². The van der Waals surface area contributed by atoms with Crippen molar-refractivity contribution < 1.29 is 4.79 Å². The Balaban J connectivity index is 1.35. The number of carbonyl (C=O) groups excluding carboxylic acids is 1. The summed E-state index contributed by atoms with van der Waals surface area (Å²) >= 11 is 6.30. The minimum absolute atomic E-state index is 0.193. The number of hydrogen-bond donors (Lipinski definition) is 0. The molecule has 0 N–H and O–H groups in total. The third-order valence-electron chi connectivity index (χ3n) is 5.10. The van der Waals surface area contributed by atoms with Gasteiger partial charge in [0.2, 0.25) is 5.91 Å². The highest BCUT2D eigenvalue weighted by atomic mass is 35.5. The van der Waals surface area contributed by atoms with Gasteiger partial charge in [-0.3, -0.25) is 9.78 Å². The van der Waals surface area contributed by atoms with Crippen molar-refractivity contribution in [3.8, 4) is 0 Å². The zero-order valence-corrected chi connectivity index (χ0v) is 15.1. The number of rotatable bonds is 3. The van der Waals surface area contributed by atoms with Crippen LogP contribution >= 0.6 is 11.6 Å². The van der Waals surface area contributed by atoms with Gasteiger partial charge in [0.1, 0.15) is 12.1 Å². The van der Waals surface area contributed by atoms with E-state index < -0.39 is 0 Å². The Hall–Kier alpha value is -2.21. The molecular formula is C18H20ClN5O. The Morgan fingerprint density at radius 3 is 2.84 bits per heavy atom. The summed E-state index contributed by atoms with van der Waals surface area (Å²) in [5.41, 5.74) is 3.99. The summed E-state index contributed by atoms with van der Waals surface area (Å²) in [4.78, 5) is 29.5. The number of hydrogen-bond acceptors (Lipinski definition) is 5. The standard InChI is InChI=1S/C18H20ClN5O/c1-11-14-8-24(9-15(14)22-12(2)18(11)19)17(25)5-13-6-23(7-13)16-3-4-20-10-21-16/h3-4,10,13H,5-9H2,1-2H3. The monoisotopic (exact) mass is 357 g/mol. The van der Waals surface area contributed by atoms with Crippen LogP contribution in [0.3, 0.4) is 0 Å². The van der Waals surface area contributed by atoms with Gasteiger partial charge in [0.25, 0.3) is 0 Å². The molecule has 0 spiro atoms. The molecule has 1 fully saturated rings. The van der Waals surface area contributed by atoms with Crippen molar-refractivity contribution in [3.63, 3.8) is 0 Å². The van der Waals surface area contributed by atoms with Crippen molar-refractivity contribution in [2.45, 2.75) is 33.4 Å². The summed E-state index contributed by atoms with van der Waals surface area (Å²) in [5.74, 6) is 1.50. The van der Waals surface area contributed by atoms with E-state index >= 15 is 0 Å². The van der Waals surface area contributed by atoms with Gasteiger partial charge in [-0.25, -0.2) is 9.97 Å². The number of amides is 1. The van der Waals surface area contributed by atoms with Crippen molar-refractivity contribution in [1.82, 2.24) is 19.9 Å². The first-order chi connectivity index (χ1) is 12.0. The SMILES string of the molecule is Cc1nc2c(c(C)c1Cl)CN(C(=O)CC1CN(c3ccncn3)C1)C2. The van der Waals surface area contributed by atoms with Gasteiger partial charge in [-0.1, -0.05) is 11.6 Å². The minimum atomic E-state index is 0.193. The molecule has 25 heavy (non-hydrogen) atoms. The minimum Gasteiger partial charge on any atom is -0.356 e. The topological polar surface area (TPSA) is 62.2 Å². The van der Waals surface area contributed by atoms with Crippen molar-refractivity contribution in [3.05, 3.63) is 46.1 Å². The fourth-order valence-corrected chi connectivity index (χ4v) is 3.77. The molecule has 0 saturated carbocycles. The summed E-state index contributed by atoms with van der Waals surface area (Å²) < 4.78 is 0. The average Bonchev–Trinajstić information content (AvgIpc) is 3.00. The van der Waals surface area contributed by atoms with Crippen LogP contribution in [-0.4, -0.2) is 38.8 Å². The average molecular weight is 358 g/mol. The normalized spacial score (nSPS) is 16.8. The number of aryl methyl sites for hydroxylation is 1. The summed E-state index contributed by atoms with van der Waals surface area (Å²) in [6.07, 6.45) is 3.86. The number of anilines is 1. The van der Waals surface area contributed by atoms with Crippen molar-refractivity contribution in [2.75, 3.05) is 18.0 Å². The molecule has 0 atom stereocenters. The van der Waals surface area contributed by atoms with Crippen LogP contribution in [0.25, 0.3) is 0 Å². The predicted molar refractivity (Wildman–Crippen MR) is 95.3 cm³/mol. The molecule has 2 aliphatic heterocycles. The molecule has 0 aromatic carbocycles. The Kier molecular flexibility index (Phi) is 4.07. The number of nitrogens with zero attached hydrogens (tertiary/aromatic N) is 5. The largest absolute Gasteiger partial charge is 0.356 e. The third-order valence-corrected chi connectivity index (χ3v) is 5.66. The highest BCUT2D eigenvalue weighted by Gasteiger charge is 2.33. The number of aromatic nitrogens is 3. The van der Waals surface area contributed by atoms with Crippen LogP contribution in [0.2, 0.25) is 5.02 Å². The lowest BCUT2D eigenvalue weighted by molar-refractivity contribution is -0.133. The summed E-state index contributed by atoms with van der Waals surface area (Å²) in [7, 11) is 0. The van der Waals surface area contributed by atoms with Gasteiger partial charge in [0.05, 0.1) is 23.0 Å². The first kappa shape index (κ1) is 16.3. The fraction of sp³-hybridized carbons (Fsp3) is 0.444. The number of fused-ring (bicyclic) bond motifs is 1. The van der Waals surface area contributed by atoms with E-state index in [4.69, 9.17) is 11.6 Å². The Morgan fingerprint density at radius 2 is 2.12 bits per heavy atom. The highest BCUT2D eigenvalue weighted by Crippen LogP contribution is 2.32. The summed E-state index contributed by atoms with van der Waals surface area (Å²) in [6.45, 7) is 6.87. The third kappa shape index (κ3) is 2.95. The Morgan fingerprint density at radius 1 is 1.32 bits per heavy atom.